The first-order valence-corrected chi connectivity index (χ1v) is 4.99. The van der Waals surface area contributed by atoms with Crippen molar-refractivity contribution in [3.63, 3.8) is 0 Å². The average molecular weight is 180 g/mol. The van der Waals surface area contributed by atoms with Gasteiger partial charge in [-0.05, 0) is 25.3 Å². The van der Waals surface area contributed by atoms with E-state index >= 15 is 0 Å². The first-order valence-electron chi connectivity index (χ1n) is 4.99. The quantitative estimate of drug-likeness (QED) is 0.682. The first kappa shape index (κ1) is 10.3. The van der Waals surface area contributed by atoms with Crippen LogP contribution < -0.4 is 11.5 Å². The number of rotatable bonds is 2. The summed E-state index contributed by atoms with van der Waals surface area (Å²) in [4.78, 5) is 0. The fraction of sp³-hybridized carbons (Fsp3) is 0.636. The molecule has 2 unspecified atom stereocenters. The van der Waals surface area contributed by atoms with Gasteiger partial charge in [0, 0.05) is 17.2 Å². The van der Waals surface area contributed by atoms with Crippen LogP contribution in [0.15, 0.2) is 23.4 Å². The molecule has 1 aliphatic rings. The maximum absolute atomic E-state index is 6.14. The van der Waals surface area contributed by atoms with Crippen molar-refractivity contribution in [2.45, 2.75) is 39.2 Å². The molecule has 0 saturated heterocycles. The molecule has 0 bridgehead atoms. The minimum atomic E-state index is -0.266. The monoisotopic (exact) mass is 180 g/mol. The fourth-order valence-corrected chi connectivity index (χ4v) is 2.03. The van der Waals surface area contributed by atoms with Crippen molar-refractivity contribution in [1.29, 1.82) is 0 Å². The summed E-state index contributed by atoms with van der Waals surface area (Å²) < 4.78 is 0. The highest BCUT2D eigenvalue weighted by atomic mass is 14.8. The molecule has 0 saturated carbocycles. The molecule has 1 rings (SSSR count). The molecule has 0 spiro atoms. The smallest absolute Gasteiger partial charge is 0.0397 e. The Balaban J connectivity index is 3.02. The van der Waals surface area contributed by atoms with Gasteiger partial charge in [-0.2, -0.15) is 0 Å². The summed E-state index contributed by atoms with van der Waals surface area (Å²) >= 11 is 0. The van der Waals surface area contributed by atoms with E-state index in [0.717, 1.165) is 18.5 Å². The van der Waals surface area contributed by atoms with Gasteiger partial charge in [0.2, 0.25) is 0 Å². The van der Waals surface area contributed by atoms with Crippen LogP contribution in [0.25, 0.3) is 0 Å². The average Bonchev–Trinajstić information content (AvgIpc) is 2.04. The van der Waals surface area contributed by atoms with Crippen molar-refractivity contribution in [3.8, 4) is 0 Å². The van der Waals surface area contributed by atoms with Gasteiger partial charge in [-0.15, -0.1) is 0 Å². The second-order valence-electron chi connectivity index (χ2n) is 3.99. The minimum absolute atomic E-state index is 0.266. The molecular weight excluding hydrogens is 160 g/mol. The zero-order valence-corrected chi connectivity index (χ0v) is 8.80. The van der Waals surface area contributed by atoms with E-state index in [1.165, 1.54) is 5.57 Å². The Morgan fingerprint density at radius 3 is 2.54 bits per heavy atom. The van der Waals surface area contributed by atoms with E-state index in [1.807, 2.05) is 6.92 Å². The lowest BCUT2D eigenvalue weighted by Crippen LogP contribution is -2.46. The lowest BCUT2D eigenvalue weighted by Gasteiger charge is -2.35. The summed E-state index contributed by atoms with van der Waals surface area (Å²) in [5.41, 5.74) is 14.2. The van der Waals surface area contributed by atoms with E-state index in [1.54, 1.807) is 0 Å². The number of allylic oxidation sites excluding steroid dienone is 2. The molecule has 13 heavy (non-hydrogen) atoms. The van der Waals surface area contributed by atoms with Crippen LogP contribution in [-0.2, 0) is 0 Å². The second kappa shape index (κ2) is 3.54. The lowest BCUT2D eigenvalue weighted by molar-refractivity contribution is 0.386. The summed E-state index contributed by atoms with van der Waals surface area (Å²) in [6, 6.07) is 0. The highest BCUT2D eigenvalue weighted by molar-refractivity contribution is 5.35. The number of hydrogen-bond acceptors (Lipinski definition) is 2. The van der Waals surface area contributed by atoms with E-state index in [0.29, 0.717) is 5.92 Å². The molecule has 1 aliphatic carbocycles. The molecule has 2 nitrogen and oxygen atoms in total. The topological polar surface area (TPSA) is 52.0 Å². The highest BCUT2D eigenvalue weighted by Gasteiger charge is 2.31. The molecule has 2 heteroatoms. The molecule has 0 heterocycles. The second-order valence-corrected chi connectivity index (χ2v) is 3.99. The number of hydrogen-bond donors (Lipinski definition) is 2. The van der Waals surface area contributed by atoms with Gasteiger partial charge in [0.05, 0.1) is 0 Å². The summed E-state index contributed by atoms with van der Waals surface area (Å²) in [7, 11) is 0. The summed E-state index contributed by atoms with van der Waals surface area (Å²) in [6.07, 6.45) is 6.15. The molecule has 0 fully saturated rings. The SMILES string of the molecule is CCC1=C(N)C(CC)C(C)(N)C=C1. The van der Waals surface area contributed by atoms with E-state index in [-0.39, 0.29) is 5.54 Å². The maximum atomic E-state index is 6.14. The molecule has 2 atom stereocenters. The van der Waals surface area contributed by atoms with Crippen molar-refractivity contribution >= 4 is 0 Å². The Morgan fingerprint density at radius 2 is 2.08 bits per heavy atom. The Kier molecular flexibility index (Phi) is 2.81. The summed E-state index contributed by atoms with van der Waals surface area (Å²) in [5, 5.41) is 0. The first-order chi connectivity index (χ1) is 6.03. The normalized spacial score (nSPS) is 34.0. The van der Waals surface area contributed by atoms with Crippen LogP contribution in [0.2, 0.25) is 0 Å². The van der Waals surface area contributed by atoms with E-state index in [9.17, 15) is 0 Å². The molecule has 74 valence electrons. The third kappa shape index (κ3) is 1.78. The van der Waals surface area contributed by atoms with Gasteiger partial charge in [0.15, 0.2) is 0 Å². The molecule has 0 aromatic rings. The van der Waals surface area contributed by atoms with Crippen molar-refractivity contribution in [2.75, 3.05) is 0 Å². The fourth-order valence-electron chi connectivity index (χ4n) is 2.03. The van der Waals surface area contributed by atoms with Gasteiger partial charge < -0.3 is 11.5 Å². The summed E-state index contributed by atoms with van der Waals surface area (Å²) in [5.74, 6) is 0.299. The number of nitrogens with two attached hydrogens (primary N) is 2. The summed E-state index contributed by atoms with van der Waals surface area (Å²) in [6.45, 7) is 6.30. The van der Waals surface area contributed by atoms with Crippen LogP contribution in [-0.4, -0.2) is 5.54 Å². The minimum Gasteiger partial charge on any atom is -0.402 e. The van der Waals surface area contributed by atoms with Crippen LogP contribution >= 0.6 is 0 Å². The van der Waals surface area contributed by atoms with Gasteiger partial charge in [0.25, 0.3) is 0 Å². The lowest BCUT2D eigenvalue weighted by atomic mass is 9.76. The Morgan fingerprint density at radius 1 is 1.46 bits per heavy atom. The zero-order valence-electron chi connectivity index (χ0n) is 8.80. The van der Waals surface area contributed by atoms with Crippen molar-refractivity contribution < 1.29 is 0 Å². The molecule has 0 aliphatic heterocycles. The maximum Gasteiger partial charge on any atom is 0.0397 e. The molecule has 0 aromatic heterocycles. The van der Waals surface area contributed by atoms with Crippen LogP contribution in [0.4, 0.5) is 0 Å². The molecule has 0 amide bonds. The highest BCUT2D eigenvalue weighted by Crippen LogP contribution is 2.31. The van der Waals surface area contributed by atoms with Gasteiger partial charge in [-0.1, -0.05) is 26.0 Å². The third-order valence-electron chi connectivity index (χ3n) is 2.93. The van der Waals surface area contributed by atoms with Gasteiger partial charge in [-0.25, -0.2) is 0 Å². The van der Waals surface area contributed by atoms with Crippen LogP contribution in [0, 0.1) is 5.92 Å². The van der Waals surface area contributed by atoms with Crippen LogP contribution in [0.1, 0.15) is 33.6 Å². The standard InChI is InChI=1S/C11H20N2/c1-4-8-6-7-11(3,13)9(5-2)10(8)12/h6-7,9H,4-5,12-13H2,1-3H3. The van der Waals surface area contributed by atoms with Crippen molar-refractivity contribution in [1.82, 2.24) is 0 Å². The molecule has 0 aromatic carbocycles. The van der Waals surface area contributed by atoms with E-state index in [2.05, 4.69) is 26.0 Å². The zero-order chi connectivity index (χ0) is 10.1. The van der Waals surface area contributed by atoms with Crippen molar-refractivity contribution in [2.24, 2.45) is 17.4 Å². The Bertz CT molecular complexity index is 249. The van der Waals surface area contributed by atoms with Gasteiger partial charge >= 0.3 is 0 Å². The Labute approximate surface area is 80.7 Å². The van der Waals surface area contributed by atoms with Gasteiger partial charge in [0.1, 0.15) is 0 Å². The van der Waals surface area contributed by atoms with E-state index < -0.39 is 0 Å². The molecular formula is C11H20N2. The van der Waals surface area contributed by atoms with E-state index in [4.69, 9.17) is 11.5 Å². The predicted octanol–water partition coefficient (Wildman–Crippen LogP) is 1.92. The van der Waals surface area contributed by atoms with Crippen LogP contribution in [0.3, 0.4) is 0 Å². The Hall–Kier alpha value is -0.760. The predicted molar refractivity (Wildman–Crippen MR) is 57.0 cm³/mol. The third-order valence-corrected chi connectivity index (χ3v) is 2.93. The largest absolute Gasteiger partial charge is 0.402 e. The molecule has 4 N–H and O–H groups in total. The van der Waals surface area contributed by atoms with Crippen LogP contribution in [0.5, 0.6) is 0 Å². The molecule has 0 radical (unpaired) electrons. The van der Waals surface area contributed by atoms with Gasteiger partial charge in [-0.3, -0.25) is 0 Å². The van der Waals surface area contributed by atoms with Crippen molar-refractivity contribution in [3.05, 3.63) is 23.4 Å².